The zero-order valence-corrected chi connectivity index (χ0v) is 15.4. The van der Waals surface area contributed by atoms with Crippen LogP contribution in [0.15, 0.2) is 29.2 Å². The smallest absolute Gasteiger partial charge is 0.305 e. The van der Waals surface area contributed by atoms with Gasteiger partial charge in [-0.25, -0.2) is 13.6 Å². The van der Waals surface area contributed by atoms with Gasteiger partial charge in [-0.1, -0.05) is 6.07 Å². The first kappa shape index (κ1) is 19.3. The van der Waals surface area contributed by atoms with Gasteiger partial charge in [0.05, 0.1) is 17.2 Å². The van der Waals surface area contributed by atoms with Crippen LogP contribution in [0.5, 0.6) is 0 Å². The van der Waals surface area contributed by atoms with Crippen LogP contribution in [-0.2, 0) is 24.4 Å². The van der Waals surface area contributed by atoms with Crippen LogP contribution >= 0.6 is 0 Å². The summed E-state index contributed by atoms with van der Waals surface area (Å²) in [4.78, 5) is 39.1. The Balaban J connectivity index is 1.76. The van der Waals surface area contributed by atoms with E-state index in [2.05, 4.69) is 0 Å². The summed E-state index contributed by atoms with van der Waals surface area (Å²) in [5.41, 5.74) is 0.366. The number of sulfonamides is 1. The van der Waals surface area contributed by atoms with Gasteiger partial charge in [0.25, 0.3) is 0 Å². The molecule has 2 unspecified atom stereocenters. The number of carboxylic acids is 1. The molecule has 0 spiro atoms. The number of amides is 2. The number of benzene rings is 1. The molecule has 0 aromatic heterocycles. The van der Waals surface area contributed by atoms with E-state index < -0.39 is 21.9 Å². The molecule has 2 amide bonds. The lowest BCUT2D eigenvalue weighted by molar-refractivity contribution is -0.141. The van der Waals surface area contributed by atoms with E-state index in [4.69, 9.17) is 10.2 Å². The summed E-state index contributed by atoms with van der Waals surface area (Å²) in [6, 6.07) is 5.37. The zero-order chi connectivity index (χ0) is 19.8. The van der Waals surface area contributed by atoms with Crippen molar-refractivity contribution < 1.29 is 27.9 Å². The summed E-state index contributed by atoms with van der Waals surface area (Å²) in [5, 5.41) is 14.1. The molecule has 3 N–H and O–H groups in total. The molecular formula is C17H21N3O6S. The Morgan fingerprint density at radius 2 is 2.04 bits per heavy atom. The fourth-order valence-corrected chi connectivity index (χ4v) is 4.28. The maximum absolute atomic E-state index is 12.8. The van der Waals surface area contributed by atoms with Crippen molar-refractivity contribution in [3.05, 3.63) is 24.3 Å². The minimum absolute atomic E-state index is 0.00866. The largest absolute Gasteiger partial charge is 0.481 e. The highest BCUT2D eigenvalue weighted by Gasteiger charge is 2.40. The Morgan fingerprint density at radius 3 is 2.70 bits per heavy atom. The molecule has 2 saturated heterocycles. The van der Waals surface area contributed by atoms with Gasteiger partial charge in [-0.05, 0) is 31.0 Å². The number of primary sulfonamides is 1. The summed E-state index contributed by atoms with van der Waals surface area (Å²) in [6.45, 7) is 0.615. The number of carbonyl (C=O) groups is 3. The minimum atomic E-state index is -3.90. The monoisotopic (exact) mass is 395 g/mol. The Hall–Kier alpha value is -2.46. The number of hydrogen-bond acceptors (Lipinski definition) is 5. The van der Waals surface area contributed by atoms with Gasteiger partial charge in [0, 0.05) is 31.2 Å². The third-order valence-electron chi connectivity index (χ3n) is 5.00. The second-order valence-electron chi connectivity index (χ2n) is 6.87. The molecule has 3 rings (SSSR count). The van der Waals surface area contributed by atoms with E-state index >= 15 is 0 Å². The lowest BCUT2D eigenvalue weighted by atomic mass is 10.1. The van der Waals surface area contributed by atoms with Crippen molar-refractivity contribution in [2.45, 2.75) is 36.6 Å². The van der Waals surface area contributed by atoms with Crippen LogP contribution in [0, 0.1) is 5.92 Å². The Morgan fingerprint density at radius 1 is 1.30 bits per heavy atom. The second kappa shape index (κ2) is 7.28. The van der Waals surface area contributed by atoms with Crippen LogP contribution in [0.2, 0.25) is 0 Å². The Bertz CT molecular complexity index is 884. The van der Waals surface area contributed by atoms with Gasteiger partial charge in [-0.3, -0.25) is 14.4 Å². The van der Waals surface area contributed by atoms with E-state index in [1.165, 1.54) is 23.1 Å². The SMILES string of the molecule is NS(=O)(=O)c1cccc(N2CC(C(=O)N3CCCC3CC(=O)O)CC2=O)c1. The highest BCUT2D eigenvalue weighted by atomic mass is 32.2. The zero-order valence-electron chi connectivity index (χ0n) is 14.6. The summed E-state index contributed by atoms with van der Waals surface area (Å²) in [7, 11) is -3.90. The van der Waals surface area contributed by atoms with E-state index in [1.54, 1.807) is 11.0 Å². The molecule has 0 bridgehead atoms. The van der Waals surface area contributed by atoms with E-state index in [0.717, 1.165) is 6.42 Å². The van der Waals surface area contributed by atoms with Crippen LogP contribution in [0.3, 0.4) is 0 Å². The van der Waals surface area contributed by atoms with Crippen molar-refractivity contribution in [3.8, 4) is 0 Å². The number of nitrogens with two attached hydrogens (primary N) is 1. The van der Waals surface area contributed by atoms with Crippen LogP contribution in [-0.4, -0.2) is 55.3 Å². The van der Waals surface area contributed by atoms with Gasteiger partial charge in [0.15, 0.2) is 0 Å². The van der Waals surface area contributed by atoms with Crippen molar-refractivity contribution in [1.29, 1.82) is 0 Å². The average molecular weight is 395 g/mol. The van der Waals surface area contributed by atoms with E-state index in [-0.39, 0.29) is 42.1 Å². The van der Waals surface area contributed by atoms with E-state index in [9.17, 15) is 22.8 Å². The van der Waals surface area contributed by atoms with Crippen molar-refractivity contribution in [2.75, 3.05) is 18.0 Å². The van der Waals surface area contributed by atoms with Gasteiger partial charge in [-0.2, -0.15) is 0 Å². The van der Waals surface area contributed by atoms with E-state index in [0.29, 0.717) is 18.7 Å². The average Bonchev–Trinajstić information content (AvgIpc) is 3.19. The second-order valence-corrected chi connectivity index (χ2v) is 8.43. The fourth-order valence-electron chi connectivity index (χ4n) is 3.73. The van der Waals surface area contributed by atoms with Gasteiger partial charge < -0.3 is 14.9 Å². The lowest BCUT2D eigenvalue weighted by Crippen LogP contribution is -2.41. The molecule has 2 fully saturated rings. The molecule has 2 atom stereocenters. The molecule has 0 saturated carbocycles. The Labute approximate surface area is 156 Å². The normalized spacial score (nSPS) is 23.1. The predicted molar refractivity (Wildman–Crippen MR) is 95.3 cm³/mol. The first-order valence-corrected chi connectivity index (χ1v) is 10.2. The van der Waals surface area contributed by atoms with Gasteiger partial charge in [-0.15, -0.1) is 0 Å². The number of nitrogens with zero attached hydrogens (tertiary/aromatic N) is 2. The third kappa shape index (κ3) is 4.11. The number of carbonyl (C=O) groups excluding carboxylic acids is 2. The van der Waals surface area contributed by atoms with E-state index in [1.807, 2.05) is 0 Å². The number of anilines is 1. The summed E-state index contributed by atoms with van der Waals surface area (Å²) in [5.74, 6) is -2.04. The highest BCUT2D eigenvalue weighted by molar-refractivity contribution is 7.89. The van der Waals surface area contributed by atoms with Crippen molar-refractivity contribution in [2.24, 2.45) is 11.1 Å². The first-order chi connectivity index (χ1) is 12.7. The first-order valence-electron chi connectivity index (χ1n) is 8.62. The van der Waals surface area contributed by atoms with Crippen LogP contribution < -0.4 is 10.0 Å². The van der Waals surface area contributed by atoms with Crippen molar-refractivity contribution in [1.82, 2.24) is 4.90 Å². The molecule has 9 nitrogen and oxygen atoms in total. The maximum Gasteiger partial charge on any atom is 0.305 e. The predicted octanol–water partition coefficient (Wildman–Crippen LogP) is 0.153. The summed E-state index contributed by atoms with van der Waals surface area (Å²) >= 11 is 0. The van der Waals surface area contributed by atoms with Crippen molar-refractivity contribution in [3.63, 3.8) is 0 Å². The molecule has 1 aromatic carbocycles. The molecule has 2 aliphatic heterocycles. The minimum Gasteiger partial charge on any atom is -0.481 e. The van der Waals surface area contributed by atoms with Crippen molar-refractivity contribution >= 4 is 33.5 Å². The lowest BCUT2D eigenvalue weighted by Gasteiger charge is -2.26. The molecule has 146 valence electrons. The highest BCUT2D eigenvalue weighted by Crippen LogP contribution is 2.30. The number of aliphatic carboxylic acids is 1. The molecule has 0 aliphatic carbocycles. The molecule has 0 radical (unpaired) electrons. The van der Waals surface area contributed by atoms with Crippen LogP contribution in [0.25, 0.3) is 0 Å². The molecule has 1 aromatic rings. The third-order valence-corrected chi connectivity index (χ3v) is 5.91. The fraction of sp³-hybridized carbons (Fsp3) is 0.471. The standard InChI is InChI=1S/C17H21N3O6S/c18-27(25,26)14-5-1-3-12(8-14)20-10-11(7-15(20)21)17(24)19-6-2-4-13(19)9-16(22)23/h1,3,5,8,11,13H,2,4,6-7,9-10H2,(H,22,23)(H2,18,25,26). The maximum atomic E-state index is 12.8. The summed E-state index contributed by atoms with van der Waals surface area (Å²) in [6.07, 6.45) is 1.28. The van der Waals surface area contributed by atoms with Gasteiger partial charge >= 0.3 is 5.97 Å². The molecule has 2 aliphatic rings. The number of rotatable bonds is 5. The number of likely N-dealkylation sites (tertiary alicyclic amines) is 1. The molecule has 27 heavy (non-hydrogen) atoms. The number of hydrogen-bond donors (Lipinski definition) is 2. The number of carboxylic acid groups (broad SMARTS) is 1. The molecule has 10 heteroatoms. The Kier molecular flexibility index (Phi) is 5.20. The van der Waals surface area contributed by atoms with Gasteiger partial charge in [0.2, 0.25) is 21.8 Å². The van der Waals surface area contributed by atoms with Crippen LogP contribution in [0.4, 0.5) is 5.69 Å². The van der Waals surface area contributed by atoms with Crippen LogP contribution in [0.1, 0.15) is 25.7 Å². The van der Waals surface area contributed by atoms with Gasteiger partial charge in [0.1, 0.15) is 0 Å². The quantitative estimate of drug-likeness (QED) is 0.728. The molecule has 2 heterocycles. The molecular weight excluding hydrogens is 374 g/mol. The summed E-state index contributed by atoms with van der Waals surface area (Å²) < 4.78 is 23.0. The topological polar surface area (TPSA) is 138 Å².